The lowest BCUT2D eigenvalue weighted by atomic mass is 10.3. The molecule has 1 heterocycles. The van der Waals surface area contributed by atoms with Crippen molar-refractivity contribution in [1.82, 2.24) is 9.78 Å². The molecule has 0 bridgehead atoms. The number of sulfonamides is 1. The molecule has 20 heavy (non-hydrogen) atoms. The maximum atomic E-state index is 11.2. The Morgan fingerprint density at radius 1 is 1.40 bits per heavy atom. The molecule has 0 unspecified atom stereocenters. The van der Waals surface area contributed by atoms with Crippen LogP contribution in [0.15, 0.2) is 35.5 Å². The molecule has 108 valence electrons. The van der Waals surface area contributed by atoms with Crippen LogP contribution in [0.25, 0.3) is 0 Å². The molecule has 2 aromatic rings. The molecule has 5 N–H and O–H groups in total. The highest BCUT2D eigenvalue weighted by Gasteiger charge is 2.11. The molecular weight excluding hydrogens is 278 g/mol. The standard InChI is InChI=1S/C12H17N5O2S/c1-9-7-16-17(8-9)5-4-15-10-2-3-12(11(13)6-10)20(14,18)19/h2-3,6-8,15H,4-5,13H2,1H3,(H2,14,18,19). The van der Waals surface area contributed by atoms with E-state index in [1.807, 2.05) is 17.8 Å². The summed E-state index contributed by atoms with van der Waals surface area (Å²) in [5, 5.41) is 12.4. The largest absolute Gasteiger partial charge is 0.398 e. The predicted octanol–water partition coefficient (Wildman–Crippen LogP) is 0.533. The van der Waals surface area contributed by atoms with E-state index in [-0.39, 0.29) is 10.6 Å². The first-order valence-corrected chi connectivity index (χ1v) is 7.56. The number of hydrogen-bond acceptors (Lipinski definition) is 5. The summed E-state index contributed by atoms with van der Waals surface area (Å²) in [6.07, 6.45) is 3.74. The minimum absolute atomic E-state index is 0.0641. The van der Waals surface area contributed by atoms with Crippen molar-refractivity contribution in [2.45, 2.75) is 18.4 Å². The number of hydrogen-bond donors (Lipinski definition) is 3. The van der Waals surface area contributed by atoms with Crippen molar-refractivity contribution in [3.05, 3.63) is 36.2 Å². The van der Waals surface area contributed by atoms with E-state index in [2.05, 4.69) is 10.4 Å². The quantitative estimate of drug-likeness (QED) is 0.696. The highest BCUT2D eigenvalue weighted by molar-refractivity contribution is 7.89. The Kier molecular flexibility index (Phi) is 3.96. The minimum Gasteiger partial charge on any atom is -0.398 e. The lowest BCUT2D eigenvalue weighted by Crippen LogP contribution is -2.15. The molecule has 0 fully saturated rings. The molecular formula is C12H17N5O2S. The Hall–Kier alpha value is -2.06. The number of nitrogens with two attached hydrogens (primary N) is 2. The van der Waals surface area contributed by atoms with E-state index in [1.54, 1.807) is 18.3 Å². The Bertz CT molecular complexity index is 708. The summed E-state index contributed by atoms with van der Waals surface area (Å²) in [5.74, 6) is 0. The van der Waals surface area contributed by atoms with Gasteiger partial charge in [0.1, 0.15) is 4.90 Å². The third-order valence-electron chi connectivity index (χ3n) is 2.75. The summed E-state index contributed by atoms with van der Waals surface area (Å²) in [4.78, 5) is -0.0641. The second kappa shape index (κ2) is 5.51. The Morgan fingerprint density at radius 3 is 2.70 bits per heavy atom. The highest BCUT2D eigenvalue weighted by atomic mass is 32.2. The molecule has 2 rings (SSSR count). The number of rotatable bonds is 5. The molecule has 0 saturated carbocycles. The van der Waals surface area contributed by atoms with Crippen molar-refractivity contribution in [2.24, 2.45) is 5.14 Å². The van der Waals surface area contributed by atoms with Crippen LogP contribution in [0.5, 0.6) is 0 Å². The number of primary sulfonamides is 1. The molecule has 7 nitrogen and oxygen atoms in total. The molecule has 0 aliphatic rings. The predicted molar refractivity (Wildman–Crippen MR) is 77.7 cm³/mol. The van der Waals surface area contributed by atoms with Gasteiger partial charge in [0.05, 0.1) is 18.4 Å². The van der Waals surface area contributed by atoms with Crippen molar-refractivity contribution < 1.29 is 8.42 Å². The second-order valence-corrected chi connectivity index (χ2v) is 6.03. The van der Waals surface area contributed by atoms with Crippen LogP contribution in [0.1, 0.15) is 5.56 Å². The van der Waals surface area contributed by atoms with Gasteiger partial charge in [-0.25, -0.2) is 13.6 Å². The summed E-state index contributed by atoms with van der Waals surface area (Å²) in [6.45, 7) is 3.32. The molecule has 0 amide bonds. The average Bonchev–Trinajstić information content (AvgIpc) is 2.73. The summed E-state index contributed by atoms with van der Waals surface area (Å²) >= 11 is 0. The lowest BCUT2D eigenvalue weighted by Gasteiger charge is -2.09. The van der Waals surface area contributed by atoms with Crippen LogP contribution in [0, 0.1) is 6.92 Å². The van der Waals surface area contributed by atoms with Gasteiger partial charge >= 0.3 is 0 Å². The number of nitrogen functional groups attached to an aromatic ring is 1. The zero-order chi connectivity index (χ0) is 14.8. The van der Waals surface area contributed by atoms with Gasteiger partial charge in [-0.15, -0.1) is 0 Å². The topological polar surface area (TPSA) is 116 Å². The monoisotopic (exact) mass is 295 g/mol. The molecule has 0 radical (unpaired) electrons. The zero-order valence-corrected chi connectivity index (χ0v) is 11.9. The second-order valence-electron chi connectivity index (χ2n) is 4.51. The van der Waals surface area contributed by atoms with E-state index in [0.717, 1.165) is 11.3 Å². The number of benzene rings is 1. The van der Waals surface area contributed by atoms with E-state index in [4.69, 9.17) is 10.9 Å². The Balaban J connectivity index is 1.99. The van der Waals surface area contributed by atoms with Crippen molar-refractivity contribution in [2.75, 3.05) is 17.6 Å². The summed E-state index contributed by atoms with van der Waals surface area (Å²) in [7, 11) is -3.78. The normalized spacial score (nSPS) is 11.5. The first kappa shape index (κ1) is 14.4. The van der Waals surface area contributed by atoms with Crippen LogP contribution in [0.2, 0.25) is 0 Å². The van der Waals surface area contributed by atoms with Crippen LogP contribution in [0.3, 0.4) is 0 Å². The number of nitrogens with one attached hydrogen (secondary N) is 1. The minimum atomic E-state index is -3.78. The van der Waals surface area contributed by atoms with Gasteiger partial charge in [0.2, 0.25) is 10.0 Å². The number of nitrogens with zero attached hydrogens (tertiary/aromatic N) is 2. The van der Waals surface area contributed by atoms with Crippen LogP contribution < -0.4 is 16.2 Å². The molecule has 0 spiro atoms. The van der Waals surface area contributed by atoms with Gasteiger partial charge in [-0.3, -0.25) is 4.68 Å². The van der Waals surface area contributed by atoms with Crippen LogP contribution in [-0.2, 0) is 16.6 Å². The first-order valence-electron chi connectivity index (χ1n) is 6.01. The fourth-order valence-electron chi connectivity index (χ4n) is 1.82. The van der Waals surface area contributed by atoms with Gasteiger partial charge in [0.15, 0.2) is 0 Å². The maximum absolute atomic E-state index is 11.2. The molecule has 0 atom stereocenters. The highest BCUT2D eigenvalue weighted by Crippen LogP contribution is 2.21. The summed E-state index contributed by atoms with van der Waals surface area (Å²) < 4.78 is 24.3. The SMILES string of the molecule is Cc1cnn(CCNc2ccc(S(N)(=O)=O)c(N)c2)c1. The van der Waals surface area contributed by atoms with Gasteiger partial charge in [0, 0.05) is 18.4 Å². The van der Waals surface area contributed by atoms with E-state index < -0.39 is 10.0 Å². The number of aryl methyl sites for hydroxylation is 1. The average molecular weight is 295 g/mol. The zero-order valence-electron chi connectivity index (χ0n) is 11.1. The van der Waals surface area contributed by atoms with Crippen molar-refractivity contribution in [1.29, 1.82) is 0 Å². The molecule has 8 heteroatoms. The Morgan fingerprint density at radius 2 is 2.15 bits per heavy atom. The van der Waals surface area contributed by atoms with Gasteiger partial charge in [-0.1, -0.05) is 0 Å². The van der Waals surface area contributed by atoms with Crippen molar-refractivity contribution in [3.8, 4) is 0 Å². The van der Waals surface area contributed by atoms with Crippen LogP contribution in [0.4, 0.5) is 11.4 Å². The van der Waals surface area contributed by atoms with E-state index in [0.29, 0.717) is 13.1 Å². The van der Waals surface area contributed by atoms with Gasteiger partial charge in [0.25, 0.3) is 0 Å². The van der Waals surface area contributed by atoms with Crippen LogP contribution >= 0.6 is 0 Å². The van der Waals surface area contributed by atoms with E-state index >= 15 is 0 Å². The van der Waals surface area contributed by atoms with E-state index in [9.17, 15) is 8.42 Å². The molecule has 1 aromatic carbocycles. The van der Waals surface area contributed by atoms with Crippen molar-refractivity contribution in [3.63, 3.8) is 0 Å². The van der Waals surface area contributed by atoms with Gasteiger partial charge < -0.3 is 11.1 Å². The van der Waals surface area contributed by atoms with Gasteiger partial charge in [-0.2, -0.15) is 5.10 Å². The summed E-state index contributed by atoms with van der Waals surface area (Å²) in [6, 6.07) is 4.57. The summed E-state index contributed by atoms with van der Waals surface area (Å²) in [5.41, 5.74) is 7.65. The maximum Gasteiger partial charge on any atom is 0.240 e. The molecule has 1 aromatic heterocycles. The smallest absolute Gasteiger partial charge is 0.240 e. The fourth-order valence-corrected chi connectivity index (χ4v) is 2.47. The Labute approximate surface area is 117 Å². The van der Waals surface area contributed by atoms with Gasteiger partial charge in [-0.05, 0) is 30.7 Å². The number of aromatic nitrogens is 2. The third-order valence-corrected chi connectivity index (χ3v) is 3.73. The lowest BCUT2D eigenvalue weighted by molar-refractivity contribution is 0.598. The molecule has 0 aliphatic heterocycles. The van der Waals surface area contributed by atoms with Crippen LogP contribution in [-0.4, -0.2) is 24.7 Å². The number of anilines is 2. The third kappa shape index (κ3) is 3.49. The molecule has 0 aliphatic carbocycles. The van der Waals surface area contributed by atoms with E-state index in [1.165, 1.54) is 6.07 Å². The fraction of sp³-hybridized carbons (Fsp3) is 0.250. The van der Waals surface area contributed by atoms with Crippen molar-refractivity contribution >= 4 is 21.4 Å². The first-order chi connectivity index (χ1) is 9.36. The molecule has 0 saturated heterocycles.